The van der Waals surface area contributed by atoms with Gasteiger partial charge in [-0.05, 0) is 36.4 Å². The Balaban J connectivity index is 1.63. The molecule has 4 aromatic rings. The van der Waals surface area contributed by atoms with Gasteiger partial charge in [-0.15, -0.1) is 0 Å². The van der Waals surface area contributed by atoms with E-state index in [2.05, 4.69) is 15.3 Å². The van der Waals surface area contributed by atoms with Crippen molar-refractivity contribution in [3.05, 3.63) is 100 Å². The minimum absolute atomic E-state index is 0.157. The number of aliphatic imine (C=N–C) groups is 1. The molecule has 1 N–H and O–H groups in total. The van der Waals surface area contributed by atoms with Gasteiger partial charge >= 0.3 is 0 Å². The molecule has 33 heavy (non-hydrogen) atoms. The molecule has 0 saturated heterocycles. The Morgan fingerprint density at radius 2 is 1.76 bits per heavy atom. The number of benzene rings is 3. The Hall–Kier alpha value is -3.84. The van der Waals surface area contributed by atoms with E-state index >= 15 is 0 Å². The van der Waals surface area contributed by atoms with Crippen molar-refractivity contribution in [1.29, 1.82) is 0 Å². The lowest BCUT2D eigenvalue weighted by molar-refractivity contribution is 0.415. The second kappa shape index (κ2) is 8.60. The number of hydrogen-bond donors (Lipinski definition) is 1. The zero-order chi connectivity index (χ0) is 22.9. The van der Waals surface area contributed by atoms with E-state index < -0.39 is 11.6 Å². The molecule has 0 unspecified atom stereocenters. The molecule has 1 aromatic heterocycles. The van der Waals surface area contributed by atoms with Crippen LogP contribution in [0.25, 0.3) is 11.3 Å². The van der Waals surface area contributed by atoms with Crippen LogP contribution in [-0.2, 0) is 6.54 Å². The third kappa shape index (κ3) is 4.03. The summed E-state index contributed by atoms with van der Waals surface area (Å²) in [6.45, 7) is 0.157. The average molecular weight is 463 g/mol. The molecule has 0 aliphatic carbocycles. The molecule has 0 saturated carbocycles. The average Bonchev–Trinajstić information content (AvgIpc) is 2.96. The van der Waals surface area contributed by atoms with Crippen LogP contribution in [0.1, 0.15) is 16.7 Å². The predicted molar refractivity (Wildman–Crippen MR) is 124 cm³/mol. The van der Waals surface area contributed by atoms with Crippen LogP contribution in [0.15, 0.2) is 71.9 Å². The van der Waals surface area contributed by atoms with Crippen molar-refractivity contribution in [2.75, 3.05) is 12.4 Å². The number of fused-ring (bicyclic) bond motifs is 3. The van der Waals surface area contributed by atoms with Crippen LogP contribution in [0.5, 0.6) is 5.75 Å². The van der Waals surface area contributed by atoms with E-state index in [1.807, 2.05) is 24.3 Å². The maximum Gasteiger partial charge on any atom is 0.227 e. The molecule has 5 nitrogen and oxygen atoms in total. The normalized spacial score (nSPS) is 12.3. The number of methoxy groups -OCH3 is 1. The fourth-order valence-corrected chi connectivity index (χ4v) is 3.92. The summed E-state index contributed by atoms with van der Waals surface area (Å²) in [5.41, 5.74) is 3.23. The van der Waals surface area contributed by atoms with Crippen molar-refractivity contribution in [2.45, 2.75) is 6.54 Å². The molecular formula is C25H17ClF2N4O. The Kier molecular flexibility index (Phi) is 5.48. The molecule has 2 heterocycles. The Bertz CT molecular complexity index is 1390. The van der Waals surface area contributed by atoms with Gasteiger partial charge in [0.05, 0.1) is 30.6 Å². The van der Waals surface area contributed by atoms with Crippen LogP contribution < -0.4 is 10.1 Å². The third-order valence-corrected chi connectivity index (χ3v) is 5.52. The van der Waals surface area contributed by atoms with Gasteiger partial charge < -0.3 is 10.1 Å². The minimum Gasteiger partial charge on any atom is -0.497 e. The van der Waals surface area contributed by atoms with Gasteiger partial charge in [-0.1, -0.05) is 29.8 Å². The summed E-state index contributed by atoms with van der Waals surface area (Å²) in [5.74, 6) is -0.336. The molecule has 1 aliphatic heterocycles. The summed E-state index contributed by atoms with van der Waals surface area (Å²) >= 11 is 6.26. The zero-order valence-electron chi connectivity index (χ0n) is 17.4. The summed E-state index contributed by atoms with van der Waals surface area (Å²) < 4.78 is 34.6. The van der Waals surface area contributed by atoms with Crippen LogP contribution >= 0.6 is 11.6 Å². The second-order valence-electron chi connectivity index (χ2n) is 7.38. The molecule has 0 amide bonds. The third-order valence-electron chi connectivity index (χ3n) is 5.29. The van der Waals surface area contributed by atoms with Crippen molar-refractivity contribution in [3.63, 3.8) is 0 Å². The molecule has 0 spiro atoms. The van der Waals surface area contributed by atoms with Crippen molar-refractivity contribution >= 4 is 28.9 Å². The maximum atomic E-state index is 14.7. The summed E-state index contributed by atoms with van der Waals surface area (Å²) in [5, 5.41) is 3.59. The number of nitrogens with one attached hydrogen (secondary N) is 1. The van der Waals surface area contributed by atoms with Gasteiger partial charge in [0.1, 0.15) is 17.4 Å². The summed E-state index contributed by atoms with van der Waals surface area (Å²) in [6.07, 6.45) is 1.66. The van der Waals surface area contributed by atoms with Gasteiger partial charge in [0, 0.05) is 39.7 Å². The number of rotatable bonds is 4. The van der Waals surface area contributed by atoms with E-state index in [0.717, 1.165) is 11.3 Å². The summed E-state index contributed by atoms with van der Waals surface area (Å²) in [4.78, 5) is 13.6. The fraction of sp³-hybridized carbons (Fsp3) is 0.0800. The molecule has 0 fully saturated rings. The van der Waals surface area contributed by atoms with Crippen LogP contribution in [0.4, 0.5) is 20.4 Å². The zero-order valence-corrected chi connectivity index (χ0v) is 18.2. The van der Waals surface area contributed by atoms with E-state index in [4.69, 9.17) is 21.3 Å². The first-order valence-corrected chi connectivity index (χ1v) is 10.5. The van der Waals surface area contributed by atoms with Crippen LogP contribution in [0.3, 0.4) is 0 Å². The summed E-state index contributed by atoms with van der Waals surface area (Å²) in [6, 6.07) is 16.3. The van der Waals surface area contributed by atoms with Crippen LogP contribution in [-0.4, -0.2) is 22.8 Å². The van der Waals surface area contributed by atoms with E-state index in [1.165, 1.54) is 18.2 Å². The standard InChI is InChI=1S/C25H17ClF2N4O/c1-33-17-5-2-4-16(11-17)31-25-30-13-14-12-29-24(22-20(27)6-3-7-21(22)28)19-10-15(26)8-9-18(19)23(14)32-25/h2-11,13H,12H2,1H3,(H,30,31,32). The van der Waals surface area contributed by atoms with Crippen molar-refractivity contribution in [3.8, 4) is 17.0 Å². The molecule has 5 rings (SSSR count). The van der Waals surface area contributed by atoms with Gasteiger partial charge in [0.25, 0.3) is 0 Å². The van der Waals surface area contributed by atoms with Gasteiger partial charge in [-0.25, -0.2) is 18.7 Å². The molecule has 0 radical (unpaired) electrons. The molecule has 0 bridgehead atoms. The monoisotopic (exact) mass is 462 g/mol. The highest BCUT2D eigenvalue weighted by Crippen LogP contribution is 2.34. The smallest absolute Gasteiger partial charge is 0.227 e. The first kappa shape index (κ1) is 21.0. The van der Waals surface area contributed by atoms with Gasteiger partial charge in [0.15, 0.2) is 0 Å². The number of hydrogen-bond acceptors (Lipinski definition) is 5. The first-order valence-electron chi connectivity index (χ1n) is 10.1. The van der Waals surface area contributed by atoms with Crippen molar-refractivity contribution in [2.24, 2.45) is 4.99 Å². The highest BCUT2D eigenvalue weighted by atomic mass is 35.5. The molecule has 1 aliphatic rings. The van der Waals surface area contributed by atoms with E-state index in [9.17, 15) is 8.78 Å². The van der Waals surface area contributed by atoms with E-state index in [0.29, 0.717) is 33.5 Å². The Morgan fingerprint density at radius 1 is 0.970 bits per heavy atom. The lowest BCUT2D eigenvalue weighted by atomic mass is 9.95. The SMILES string of the molecule is COc1cccc(Nc2ncc3c(n2)-c2ccc(Cl)cc2C(c2c(F)cccc2F)=NC3)c1. The Labute approximate surface area is 193 Å². The van der Waals surface area contributed by atoms with Crippen LogP contribution in [0.2, 0.25) is 5.02 Å². The number of ether oxygens (including phenoxy) is 1. The lowest BCUT2D eigenvalue weighted by Crippen LogP contribution is -2.10. The van der Waals surface area contributed by atoms with Crippen molar-refractivity contribution in [1.82, 2.24) is 9.97 Å². The largest absolute Gasteiger partial charge is 0.497 e. The summed E-state index contributed by atoms with van der Waals surface area (Å²) in [7, 11) is 1.59. The minimum atomic E-state index is -0.697. The quantitative estimate of drug-likeness (QED) is 0.393. The van der Waals surface area contributed by atoms with Gasteiger partial charge in [0.2, 0.25) is 5.95 Å². The van der Waals surface area contributed by atoms with Gasteiger partial charge in [-0.2, -0.15) is 0 Å². The number of nitrogens with zero attached hydrogens (tertiary/aromatic N) is 3. The molecule has 0 atom stereocenters. The Morgan fingerprint density at radius 3 is 2.55 bits per heavy atom. The molecular weight excluding hydrogens is 446 g/mol. The predicted octanol–water partition coefficient (Wildman–Crippen LogP) is 6.18. The van der Waals surface area contributed by atoms with E-state index in [1.54, 1.807) is 31.5 Å². The number of halogens is 3. The second-order valence-corrected chi connectivity index (χ2v) is 7.81. The fourth-order valence-electron chi connectivity index (χ4n) is 3.75. The number of anilines is 2. The molecule has 3 aromatic carbocycles. The van der Waals surface area contributed by atoms with Gasteiger partial charge in [-0.3, -0.25) is 4.99 Å². The van der Waals surface area contributed by atoms with E-state index in [-0.39, 0.29) is 17.8 Å². The number of aromatic nitrogens is 2. The molecule has 164 valence electrons. The topological polar surface area (TPSA) is 59.4 Å². The van der Waals surface area contributed by atoms with Crippen molar-refractivity contribution < 1.29 is 13.5 Å². The highest BCUT2D eigenvalue weighted by molar-refractivity contribution is 6.31. The lowest BCUT2D eigenvalue weighted by Gasteiger charge is -2.13. The molecule has 8 heteroatoms. The first-order chi connectivity index (χ1) is 16.0. The maximum absolute atomic E-state index is 14.7. The highest BCUT2D eigenvalue weighted by Gasteiger charge is 2.25. The van der Waals surface area contributed by atoms with Crippen LogP contribution in [0, 0.1) is 11.6 Å².